The summed E-state index contributed by atoms with van der Waals surface area (Å²) in [6, 6.07) is 6.15. The van der Waals surface area contributed by atoms with E-state index < -0.39 is 12.0 Å². The molecule has 27 heavy (non-hydrogen) atoms. The van der Waals surface area contributed by atoms with Crippen molar-refractivity contribution < 1.29 is 23.9 Å². The van der Waals surface area contributed by atoms with E-state index in [9.17, 15) is 14.4 Å². The SMILES string of the molecule is CCOC(=O)N1CCN(C(=O)[C@@H](N)Cc2ccc(C(=O)OC)cc2)CC1.Cl. The van der Waals surface area contributed by atoms with Gasteiger partial charge in [-0.1, -0.05) is 12.1 Å². The molecule has 0 spiro atoms. The van der Waals surface area contributed by atoms with Crippen LogP contribution in [-0.4, -0.2) is 73.7 Å². The van der Waals surface area contributed by atoms with Gasteiger partial charge in [0.15, 0.2) is 0 Å². The molecule has 0 radical (unpaired) electrons. The molecule has 1 aliphatic rings. The minimum absolute atomic E-state index is 0. The van der Waals surface area contributed by atoms with Crippen LogP contribution in [0, 0.1) is 0 Å². The molecule has 2 rings (SSSR count). The Morgan fingerprint density at radius 3 is 2.15 bits per heavy atom. The zero-order valence-electron chi connectivity index (χ0n) is 15.6. The lowest BCUT2D eigenvalue weighted by Gasteiger charge is -2.35. The van der Waals surface area contributed by atoms with Crippen molar-refractivity contribution in [2.45, 2.75) is 19.4 Å². The first-order valence-electron chi connectivity index (χ1n) is 8.59. The summed E-state index contributed by atoms with van der Waals surface area (Å²) in [5.74, 6) is -0.554. The molecule has 0 aromatic heterocycles. The Kier molecular flexibility index (Phi) is 9.04. The van der Waals surface area contributed by atoms with Crippen LogP contribution < -0.4 is 5.73 Å². The first kappa shape index (κ1) is 22.7. The van der Waals surface area contributed by atoms with E-state index >= 15 is 0 Å². The average molecular weight is 400 g/mol. The second kappa shape index (κ2) is 10.7. The van der Waals surface area contributed by atoms with Gasteiger partial charge >= 0.3 is 12.1 Å². The van der Waals surface area contributed by atoms with Gasteiger partial charge in [0.25, 0.3) is 0 Å². The number of piperazine rings is 1. The van der Waals surface area contributed by atoms with Crippen LogP contribution in [0.3, 0.4) is 0 Å². The van der Waals surface area contributed by atoms with Gasteiger partial charge in [0, 0.05) is 26.2 Å². The van der Waals surface area contributed by atoms with Gasteiger partial charge in [-0.3, -0.25) is 4.79 Å². The number of esters is 1. The molecule has 1 heterocycles. The maximum Gasteiger partial charge on any atom is 0.409 e. The third kappa shape index (κ3) is 6.11. The summed E-state index contributed by atoms with van der Waals surface area (Å²) in [6.45, 7) is 3.83. The van der Waals surface area contributed by atoms with Gasteiger partial charge < -0.3 is 25.0 Å². The van der Waals surface area contributed by atoms with Crippen molar-refractivity contribution in [1.29, 1.82) is 0 Å². The summed E-state index contributed by atoms with van der Waals surface area (Å²) >= 11 is 0. The molecule has 9 heteroatoms. The monoisotopic (exact) mass is 399 g/mol. The molecule has 1 aromatic rings. The molecule has 2 N–H and O–H groups in total. The predicted molar refractivity (Wildman–Crippen MR) is 102 cm³/mol. The quantitative estimate of drug-likeness (QED) is 0.743. The van der Waals surface area contributed by atoms with Crippen molar-refractivity contribution in [1.82, 2.24) is 9.80 Å². The minimum Gasteiger partial charge on any atom is -0.465 e. The van der Waals surface area contributed by atoms with Gasteiger partial charge in [0.05, 0.1) is 25.3 Å². The second-order valence-corrected chi connectivity index (χ2v) is 6.01. The smallest absolute Gasteiger partial charge is 0.409 e. The Bertz CT molecular complexity index is 645. The Labute approximate surface area is 165 Å². The molecule has 1 fully saturated rings. The second-order valence-electron chi connectivity index (χ2n) is 6.01. The molecule has 0 unspecified atom stereocenters. The van der Waals surface area contributed by atoms with Gasteiger partial charge in [-0.05, 0) is 31.0 Å². The largest absolute Gasteiger partial charge is 0.465 e. The fourth-order valence-corrected chi connectivity index (χ4v) is 2.79. The van der Waals surface area contributed by atoms with Crippen LogP contribution in [-0.2, 0) is 20.7 Å². The fraction of sp³-hybridized carbons (Fsp3) is 0.500. The van der Waals surface area contributed by atoms with E-state index in [1.54, 1.807) is 41.0 Å². The Morgan fingerprint density at radius 2 is 1.63 bits per heavy atom. The van der Waals surface area contributed by atoms with Crippen LogP contribution in [0.2, 0.25) is 0 Å². The number of halogens is 1. The lowest BCUT2D eigenvalue weighted by atomic mass is 10.0. The molecule has 0 aliphatic carbocycles. The van der Waals surface area contributed by atoms with Crippen molar-refractivity contribution in [2.24, 2.45) is 5.73 Å². The van der Waals surface area contributed by atoms with Crippen molar-refractivity contribution in [2.75, 3.05) is 39.9 Å². The molecule has 1 aliphatic heterocycles. The van der Waals surface area contributed by atoms with Crippen molar-refractivity contribution >= 4 is 30.4 Å². The number of ether oxygens (including phenoxy) is 2. The topological polar surface area (TPSA) is 102 Å². The molecular formula is C18H26ClN3O5. The van der Waals surface area contributed by atoms with Crippen molar-refractivity contribution in [3.63, 3.8) is 0 Å². The third-order valence-electron chi connectivity index (χ3n) is 4.27. The maximum absolute atomic E-state index is 12.5. The van der Waals surface area contributed by atoms with Crippen LogP contribution >= 0.6 is 12.4 Å². The van der Waals surface area contributed by atoms with Crippen LogP contribution in [0.25, 0.3) is 0 Å². The maximum atomic E-state index is 12.5. The van der Waals surface area contributed by atoms with Gasteiger partial charge in [0.1, 0.15) is 0 Å². The van der Waals surface area contributed by atoms with Crippen LogP contribution in [0.1, 0.15) is 22.8 Å². The molecule has 1 atom stereocenters. The molecule has 150 valence electrons. The Morgan fingerprint density at radius 1 is 1.07 bits per heavy atom. The minimum atomic E-state index is -0.673. The van der Waals surface area contributed by atoms with Gasteiger partial charge in [-0.25, -0.2) is 9.59 Å². The van der Waals surface area contributed by atoms with Crippen LogP contribution in [0.5, 0.6) is 0 Å². The van der Waals surface area contributed by atoms with E-state index in [0.29, 0.717) is 44.8 Å². The predicted octanol–water partition coefficient (Wildman–Crippen LogP) is 1.07. The zero-order valence-corrected chi connectivity index (χ0v) is 16.4. The summed E-state index contributed by atoms with van der Waals surface area (Å²) in [5.41, 5.74) is 7.37. The van der Waals surface area contributed by atoms with Gasteiger partial charge in [0.2, 0.25) is 5.91 Å². The van der Waals surface area contributed by atoms with E-state index in [0.717, 1.165) is 5.56 Å². The number of amides is 2. The Hall–Kier alpha value is -2.32. The van der Waals surface area contributed by atoms with E-state index in [4.69, 9.17) is 10.5 Å². The highest BCUT2D eigenvalue weighted by atomic mass is 35.5. The van der Waals surface area contributed by atoms with Crippen LogP contribution in [0.4, 0.5) is 4.79 Å². The highest BCUT2D eigenvalue weighted by molar-refractivity contribution is 5.89. The first-order valence-corrected chi connectivity index (χ1v) is 8.59. The number of rotatable bonds is 5. The molecule has 2 amide bonds. The van der Waals surface area contributed by atoms with Gasteiger partial charge in [-0.15, -0.1) is 12.4 Å². The molecular weight excluding hydrogens is 374 g/mol. The van der Waals surface area contributed by atoms with Crippen molar-refractivity contribution in [3.8, 4) is 0 Å². The normalized spacial score (nSPS) is 14.8. The molecule has 1 aromatic carbocycles. The standard InChI is InChI=1S/C18H25N3O5.ClH/c1-3-26-18(24)21-10-8-20(9-11-21)16(22)15(19)12-13-4-6-14(7-5-13)17(23)25-2;/h4-7,15H,3,8-12,19H2,1-2H3;1H/t15-;/m0./s1. The lowest BCUT2D eigenvalue weighted by molar-refractivity contribution is -0.134. The van der Waals surface area contributed by atoms with E-state index in [1.165, 1.54) is 7.11 Å². The first-order chi connectivity index (χ1) is 12.5. The summed E-state index contributed by atoms with van der Waals surface area (Å²) in [4.78, 5) is 38.9. The molecule has 1 saturated heterocycles. The zero-order chi connectivity index (χ0) is 19.1. The number of nitrogens with zero attached hydrogens (tertiary/aromatic N) is 2. The fourth-order valence-electron chi connectivity index (χ4n) is 2.79. The molecule has 0 saturated carbocycles. The number of carbonyl (C=O) groups is 3. The van der Waals surface area contributed by atoms with E-state index in [-0.39, 0.29) is 24.4 Å². The van der Waals surface area contributed by atoms with E-state index in [2.05, 4.69) is 4.74 Å². The highest BCUT2D eigenvalue weighted by Crippen LogP contribution is 2.10. The van der Waals surface area contributed by atoms with E-state index in [1.807, 2.05) is 0 Å². The number of hydrogen-bond acceptors (Lipinski definition) is 6. The summed E-state index contributed by atoms with van der Waals surface area (Å²) < 4.78 is 9.62. The number of methoxy groups -OCH3 is 1. The summed E-state index contributed by atoms with van der Waals surface area (Å²) in [6.07, 6.45) is 0.0212. The summed E-state index contributed by atoms with van der Waals surface area (Å²) in [7, 11) is 1.33. The number of hydrogen-bond donors (Lipinski definition) is 1. The number of nitrogens with two attached hydrogens (primary N) is 1. The van der Waals surface area contributed by atoms with Crippen molar-refractivity contribution in [3.05, 3.63) is 35.4 Å². The van der Waals surface area contributed by atoms with Gasteiger partial charge in [-0.2, -0.15) is 0 Å². The lowest BCUT2D eigenvalue weighted by Crippen LogP contribution is -2.54. The Balaban J connectivity index is 0.00000364. The average Bonchev–Trinajstić information content (AvgIpc) is 2.67. The summed E-state index contributed by atoms with van der Waals surface area (Å²) in [5, 5.41) is 0. The highest BCUT2D eigenvalue weighted by Gasteiger charge is 2.27. The third-order valence-corrected chi connectivity index (χ3v) is 4.27. The molecule has 8 nitrogen and oxygen atoms in total. The molecule has 0 bridgehead atoms. The number of benzene rings is 1. The van der Waals surface area contributed by atoms with Crippen LogP contribution in [0.15, 0.2) is 24.3 Å². The number of carbonyl (C=O) groups excluding carboxylic acids is 3.